The Morgan fingerprint density at radius 2 is 1.77 bits per heavy atom. The fraction of sp³-hybridized carbons (Fsp3) is 0.111. The Morgan fingerprint density at radius 1 is 1.03 bits per heavy atom. The molecule has 12 nitrogen and oxygen atoms in total. The Labute approximate surface area is 165 Å². The van der Waals surface area contributed by atoms with Gasteiger partial charge in [-0.1, -0.05) is 0 Å². The van der Waals surface area contributed by atoms with Gasteiger partial charge in [0.1, 0.15) is 11.0 Å². The maximum absolute atomic E-state index is 11.7. The minimum Gasteiger partial charge on any atom is -0.478 e. The van der Waals surface area contributed by atoms with Gasteiger partial charge in [-0.25, -0.2) is 19.4 Å². The van der Waals surface area contributed by atoms with Crippen molar-refractivity contribution in [3.05, 3.63) is 35.5 Å². The van der Waals surface area contributed by atoms with E-state index in [0.717, 1.165) is 6.20 Å². The molecule has 0 saturated heterocycles. The van der Waals surface area contributed by atoms with Crippen molar-refractivity contribution in [1.82, 2.24) is 14.5 Å². The van der Waals surface area contributed by atoms with Gasteiger partial charge in [0.15, 0.2) is 5.58 Å². The number of pyridine rings is 1. The molecule has 0 saturated carbocycles. The molecule has 0 fully saturated rings. The first kappa shape index (κ1) is 18.9. The topological polar surface area (TPSA) is 199 Å². The minimum absolute atomic E-state index is 0.0117. The second kappa shape index (κ2) is 6.55. The van der Waals surface area contributed by atoms with Crippen molar-refractivity contribution >= 4 is 56.8 Å². The van der Waals surface area contributed by atoms with E-state index >= 15 is 0 Å². The summed E-state index contributed by atoms with van der Waals surface area (Å²) in [5.41, 5.74) is 4.99. The number of hydrogen-bond acceptors (Lipinski definition) is 7. The molecule has 0 unspecified atom stereocenters. The minimum atomic E-state index is -1.49. The number of carboxylic acids is 2. The van der Waals surface area contributed by atoms with Crippen molar-refractivity contribution in [2.24, 2.45) is 5.73 Å². The summed E-state index contributed by atoms with van der Waals surface area (Å²) in [5, 5.41) is 28.5. The third-order valence-electron chi connectivity index (χ3n) is 4.54. The maximum Gasteiger partial charge on any atom is 0.416 e. The highest BCUT2D eigenvalue weighted by molar-refractivity contribution is 6.26. The zero-order valence-electron chi connectivity index (χ0n) is 14.9. The van der Waals surface area contributed by atoms with Crippen LogP contribution in [0.3, 0.4) is 0 Å². The Hall–Kier alpha value is -4.48. The van der Waals surface area contributed by atoms with Crippen LogP contribution in [0.4, 0.5) is 4.79 Å². The lowest BCUT2D eigenvalue weighted by Gasteiger charge is -2.06. The Balaban J connectivity index is 2.20. The van der Waals surface area contributed by atoms with Crippen molar-refractivity contribution < 1.29 is 38.9 Å². The number of amides is 1. The molecule has 4 rings (SSSR count). The second-order valence-electron chi connectivity index (χ2n) is 6.39. The molecule has 12 heteroatoms. The van der Waals surface area contributed by atoms with Crippen LogP contribution in [0.1, 0.15) is 33.2 Å². The van der Waals surface area contributed by atoms with E-state index in [9.17, 15) is 34.5 Å². The van der Waals surface area contributed by atoms with Gasteiger partial charge in [0.2, 0.25) is 5.91 Å². The largest absolute Gasteiger partial charge is 0.478 e. The number of aryl methyl sites for hydroxylation is 1. The lowest BCUT2D eigenvalue weighted by molar-refractivity contribution is -0.118. The molecule has 0 radical (unpaired) electrons. The number of aromatic nitrogens is 3. The fourth-order valence-corrected chi connectivity index (χ4v) is 3.32. The molecule has 4 aromatic rings. The number of primary amides is 1. The number of hydrogen-bond donors (Lipinski definition) is 4. The maximum atomic E-state index is 11.7. The summed E-state index contributed by atoms with van der Waals surface area (Å²) in [7, 11) is 0. The van der Waals surface area contributed by atoms with E-state index in [4.69, 9.17) is 10.2 Å². The fourth-order valence-electron chi connectivity index (χ4n) is 3.32. The standard InChI is InChI=1S/C18H12N4O8/c19-9(23)4-2-6-1-3-7-11(20-6)12-14(30-15(21-12)17(26)27)10-8(16(24)25)5-22(13(7)10)18(28)29/h1,3,5H,2,4H2,(H2,19,23)(H,24,25)(H,26,27)(H,28,29). The van der Waals surface area contributed by atoms with Crippen LogP contribution in [0.5, 0.6) is 0 Å². The van der Waals surface area contributed by atoms with Crippen molar-refractivity contribution in [1.29, 1.82) is 0 Å². The van der Waals surface area contributed by atoms with Crippen molar-refractivity contribution in [2.45, 2.75) is 12.8 Å². The van der Waals surface area contributed by atoms with Gasteiger partial charge in [-0.3, -0.25) is 14.3 Å². The Kier molecular flexibility index (Phi) is 4.12. The summed E-state index contributed by atoms with van der Waals surface area (Å²) < 4.78 is 5.98. The lowest BCUT2D eigenvalue weighted by Crippen LogP contribution is -2.11. The monoisotopic (exact) mass is 412 g/mol. The van der Waals surface area contributed by atoms with Gasteiger partial charge >= 0.3 is 23.9 Å². The van der Waals surface area contributed by atoms with E-state index < -0.39 is 35.4 Å². The molecule has 0 aliphatic heterocycles. The molecule has 152 valence electrons. The predicted molar refractivity (Wildman–Crippen MR) is 99.7 cm³/mol. The average Bonchev–Trinajstić information content (AvgIpc) is 3.28. The van der Waals surface area contributed by atoms with Crippen LogP contribution < -0.4 is 5.73 Å². The molecule has 0 atom stereocenters. The molecule has 5 N–H and O–H groups in total. The zero-order valence-corrected chi connectivity index (χ0v) is 14.9. The highest BCUT2D eigenvalue weighted by Crippen LogP contribution is 2.37. The number of rotatable bonds is 5. The number of carbonyl (C=O) groups is 4. The molecule has 0 aliphatic rings. The van der Waals surface area contributed by atoms with Crippen LogP contribution in [0.15, 0.2) is 22.7 Å². The molecule has 0 bridgehead atoms. The van der Waals surface area contributed by atoms with E-state index in [-0.39, 0.29) is 45.7 Å². The number of nitrogens with two attached hydrogens (primary N) is 1. The highest BCUT2D eigenvalue weighted by Gasteiger charge is 2.27. The normalized spacial score (nSPS) is 11.3. The van der Waals surface area contributed by atoms with Crippen molar-refractivity contribution in [3.63, 3.8) is 0 Å². The SMILES string of the molecule is NC(=O)CCc1ccc2c(n1)c1nc(C(=O)O)oc1c1c(C(=O)O)cn(C(=O)O)c21. The summed E-state index contributed by atoms with van der Waals surface area (Å²) in [6.45, 7) is 0. The van der Waals surface area contributed by atoms with E-state index in [2.05, 4.69) is 9.97 Å². The van der Waals surface area contributed by atoms with Gasteiger partial charge in [0, 0.05) is 23.7 Å². The first-order chi connectivity index (χ1) is 14.2. The number of oxazole rings is 1. The predicted octanol–water partition coefficient (Wildman–Crippen LogP) is 1.67. The van der Waals surface area contributed by atoms with E-state index in [1.165, 1.54) is 12.1 Å². The second-order valence-corrected chi connectivity index (χ2v) is 6.39. The number of benzene rings is 1. The number of fused-ring (bicyclic) bond motifs is 6. The van der Waals surface area contributed by atoms with Crippen LogP contribution in [-0.2, 0) is 11.2 Å². The van der Waals surface area contributed by atoms with E-state index in [1.54, 1.807) is 0 Å². The van der Waals surface area contributed by atoms with Crippen molar-refractivity contribution in [2.75, 3.05) is 0 Å². The third kappa shape index (κ3) is 2.78. The Bertz CT molecular complexity index is 1410. The van der Waals surface area contributed by atoms with Crippen LogP contribution in [-0.4, -0.2) is 53.8 Å². The highest BCUT2D eigenvalue weighted by atomic mass is 16.4. The van der Waals surface area contributed by atoms with Crippen LogP contribution >= 0.6 is 0 Å². The van der Waals surface area contributed by atoms with E-state index in [0.29, 0.717) is 10.3 Å². The number of nitrogens with zero attached hydrogens (tertiary/aromatic N) is 3. The first-order valence-electron chi connectivity index (χ1n) is 8.44. The molecule has 1 aromatic carbocycles. The quantitative estimate of drug-likeness (QED) is 0.374. The Morgan fingerprint density at radius 3 is 2.37 bits per heavy atom. The molecule has 0 spiro atoms. The molecule has 3 aromatic heterocycles. The van der Waals surface area contributed by atoms with Gasteiger partial charge in [-0.2, -0.15) is 0 Å². The summed E-state index contributed by atoms with van der Waals surface area (Å²) in [6.07, 6.45) is -0.353. The summed E-state index contributed by atoms with van der Waals surface area (Å²) in [6, 6.07) is 3.04. The van der Waals surface area contributed by atoms with Crippen LogP contribution in [0.25, 0.3) is 32.9 Å². The lowest BCUT2D eigenvalue weighted by atomic mass is 10.1. The molecular formula is C18H12N4O8. The van der Waals surface area contributed by atoms with Gasteiger partial charge in [-0.15, -0.1) is 0 Å². The summed E-state index contributed by atoms with van der Waals surface area (Å²) in [5.74, 6) is -4.17. The summed E-state index contributed by atoms with van der Waals surface area (Å²) in [4.78, 5) is 54.2. The van der Waals surface area contributed by atoms with E-state index in [1.807, 2.05) is 0 Å². The molecule has 3 heterocycles. The molecule has 1 amide bonds. The van der Waals surface area contributed by atoms with Crippen LogP contribution in [0.2, 0.25) is 0 Å². The zero-order chi connectivity index (χ0) is 21.7. The summed E-state index contributed by atoms with van der Waals surface area (Å²) >= 11 is 0. The first-order valence-corrected chi connectivity index (χ1v) is 8.44. The smallest absolute Gasteiger partial charge is 0.416 e. The average molecular weight is 412 g/mol. The van der Waals surface area contributed by atoms with Crippen LogP contribution in [0, 0.1) is 0 Å². The van der Waals surface area contributed by atoms with Gasteiger partial charge in [0.05, 0.1) is 16.5 Å². The molecular weight excluding hydrogens is 400 g/mol. The molecule has 0 aliphatic carbocycles. The number of aromatic carboxylic acids is 2. The van der Waals surface area contributed by atoms with Gasteiger partial charge in [-0.05, 0) is 18.6 Å². The van der Waals surface area contributed by atoms with Crippen molar-refractivity contribution in [3.8, 4) is 0 Å². The third-order valence-corrected chi connectivity index (χ3v) is 4.54. The number of carboxylic acid groups (broad SMARTS) is 3. The molecule has 30 heavy (non-hydrogen) atoms. The van der Waals surface area contributed by atoms with Gasteiger partial charge < -0.3 is 25.5 Å². The van der Waals surface area contributed by atoms with Gasteiger partial charge in [0.25, 0.3) is 0 Å². The number of carbonyl (C=O) groups excluding carboxylic acids is 1.